The van der Waals surface area contributed by atoms with Crippen LogP contribution in [0.3, 0.4) is 0 Å². The molecule has 0 bridgehead atoms. The van der Waals surface area contributed by atoms with Crippen molar-refractivity contribution in [1.82, 2.24) is 0 Å². The Bertz CT molecular complexity index is 96.7. The van der Waals surface area contributed by atoms with Crippen molar-refractivity contribution in [3.8, 4) is 0 Å². The fourth-order valence-electron chi connectivity index (χ4n) is 0.342. The third-order valence-electron chi connectivity index (χ3n) is 0.765. The molecule has 0 aliphatic carbocycles. The lowest BCUT2D eigenvalue weighted by Gasteiger charge is -1.69. The van der Waals surface area contributed by atoms with E-state index >= 15 is 0 Å². The first-order valence-electron chi connectivity index (χ1n) is 3.23. The lowest BCUT2D eigenvalue weighted by molar-refractivity contribution is 0.302. The van der Waals surface area contributed by atoms with Crippen LogP contribution in [0.2, 0.25) is 0 Å². The van der Waals surface area contributed by atoms with Gasteiger partial charge in [-0.05, 0) is 12.5 Å². The highest BCUT2D eigenvalue weighted by atomic mass is 16.2. The van der Waals surface area contributed by atoms with Gasteiger partial charge in [0.05, 0.1) is 0 Å². The average molecular weight is 136 g/mol. The maximum atomic E-state index is 7.81. The molecule has 0 heterocycles. The molecule has 1 N–H and O–H groups in total. The zero-order valence-corrected chi connectivity index (χ0v) is 5.96. The first-order valence-corrected chi connectivity index (χ1v) is 3.23. The number of aliphatic hydroxyl groups excluding tert-OH is 1. The quantitative estimate of drug-likeness (QED) is 0.623. The van der Waals surface area contributed by atoms with Crippen LogP contribution in [0.25, 0.3) is 0 Å². The van der Waals surface area contributed by atoms with Crippen LogP contribution in [0.5, 0.6) is 0 Å². The molecular formula is C9H12O. The molecule has 54 valence electrons. The molecule has 10 heavy (non-hydrogen) atoms. The van der Waals surface area contributed by atoms with E-state index in [-0.39, 0.29) is 6.61 Å². The second-order valence-electron chi connectivity index (χ2n) is 1.65. The molecule has 0 fully saturated rings. The first kappa shape index (κ1) is 9.18. The molecule has 0 aliphatic rings. The SMILES string of the molecule is [CH2]CCO.[c]1ccccc1. The third-order valence-corrected chi connectivity index (χ3v) is 0.765. The fourth-order valence-corrected chi connectivity index (χ4v) is 0.342. The summed E-state index contributed by atoms with van der Waals surface area (Å²) in [7, 11) is 0. The molecule has 0 saturated carbocycles. The summed E-state index contributed by atoms with van der Waals surface area (Å²) in [4.78, 5) is 0. The molecule has 0 aromatic heterocycles. The van der Waals surface area contributed by atoms with E-state index < -0.39 is 0 Å². The van der Waals surface area contributed by atoms with Crippen molar-refractivity contribution >= 4 is 0 Å². The zero-order chi connectivity index (χ0) is 7.66. The first-order chi connectivity index (χ1) is 4.91. The second-order valence-corrected chi connectivity index (χ2v) is 1.65. The summed E-state index contributed by atoms with van der Waals surface area (Å²) in [5.41, 5.74) is 0. The van der Waals surface area contributed by atoms with E-state index in [1.54, 1.807) is 0 Å². The van der Waals surface area contributed by atoms with Crippen molar-refractivity contribution < 1.29 is 5.11 Å². The molecule has 1 aromatic carbocycles. The van der Waals surface area contributed by atoms with Crippen LogP contribution >= 0.6 is 0 Å². The van der Waals surface area contributed by atoms with E-state index in [4.69, 9.17) is 5.11 Å². The number of hydrogen-bond acceptors (Lipinski definition) is 1. The average Bonchev–Trinajstić information content (AvgIpc) is 2.08. The van der Waals surface area contributed by atoms with Gasteiger partial charge in [-0.3, -0.25) is 0 Å². The van der Waals surface area contributed by atoms with Gasteiger partial charge in [0.25, 0.3) is 0 Å². The normalized spacial score (nSPS) is 7.80. The van der Waals surface area contributed by atoms with E-state index in [1.165, 1.54) is 0 Å². The molecule has 0 aliphatic heterocycles. The van der Waals surface area contributed by atoms with Gasteiger partial charge in [-0.2, -0.15) is 0 Å². The smallest absolute Gasteiger partial charge is 0.0431 e. The molecule has 1 aromatic rings. The molecular weight excluding hydrogens is 124 g/mol. The lowest BCUT2D eigenvalue weighted by Crippen LogP contribution is -1.70. The van der Waals surface area contributed by atoms with Gasteiger partial charge in [0.1, 0.15) is 0 Å². The van der Waals surface area contributed by atoms with Gasteiger partial charge in [-0.15, -0.1) is 0 Å². The Morgan fingerprint density at radius 3 is 1.80 bits per heavy atom. The van der Waals surface area contributed by atoms with Gasteiger partial charge in [0.2, 0.25) is 0 Å². The van der Waals surface area contributed by atoms with Crippen molar-refractivity contribution in [3.63, 3.8) is 0 Å². The molecule has 1 rings (SSSR count). The number of aliphatic hydroxyl groups is 1. The summed E-state index contributed by atoms with van der Waals surface area (Å²) < 4.78 is 0. The van der Waals surface area contributed by atoms with Gasteiger partial charge in [0.15, 0.2) is 0 Å². The highest BCUT2D eigenvalue weighted by Crippen LogP contribution is 1.78. The van der Waals surface area contributed by atoms with E-state index in [2.05, 4.69) is 13.0 Å². The molecule has 2 radical (unpaired) electrons. The van der Waals surface area contributed by atoms with Crippen molar-refractivity contribution in [2.75, 3.05) is 6.61 Å². The van der Waals surface area contributed by atoms with Crippen molar-refractivity contribution in [1.29, 1.82) is 0 Å². The molecule has 0 spiro atoms. The van der Waals surface area contributed by atoms with Crippen LogP contribution in [0.15, 0.2) is 30.3 Å². The summed E-state index contributed by atoms with van der Waals surface area (Å²) in [6.07, 6.45) is 0.625. The van der Waals surface area contributed by atoms with Gasteiger partial charge < -0.3 is 5.11 Å². The molecule has 0 amide bonds. The van der Waals surface area contributed by atoms with Crippen molar-refractivity contribution in [2.45, 2.75) is 6.42 Å². The summed E-state index contributed by atoms with van der Waals surface area (Å²) in [5, 5.41) is 7.81. The maximum Gasteiger partial charge on any atom is 0.0431 e. The summed E-state index contributed by atoms with van der Waals surface area (Å²) >= 11 is 0. The summed E-state index contributed by atoms with van der Waals surface area (Å²) in [6, 6.07) is 12.5. The van der Waals surface area contributed by atoms with Gasteiger partial charge in [-0.25, -0.2) is 0 Å². The highest BCUT2D eigenvalue weighted by molar-refractivity contribution is 4.97. The van der Waals surface area contributed by atoms with Crippen LogP contribution in [0.4, 0.5) is 0 Å². The van der Waals surface area contributed by atoms with Crippen molar-refractivity contribution in [3.05, 3.63) is 43.3 Å². The molecule has 1 nitrogen and oxygen atoms in total. The fraction of sp³-hybridized carbons (Fsp3) is 0.222. The number of benzene rings is 1. The number of rotatable bonds is 1. The Morgan fingerprint density at radius 1 is 1.20 bits per heavy atom. The summed E-state index contributed by atoms with van der Waals surface area (Å²) in [6.45, 7) is 3.56. The Labute approximate surface area is 62.3 Å². The predicted molar refractivity (Wildman–Crippen MR) is 42.3 cm³/mol. The standard InChI is InChI=1S/C6H5.C3H7O/c1-2-4-6-5-3-1;1-2-3-4/h1-5H;4H,1-3H2. The Balaban J connectivity index is 0.000000180. The Morgan fingerprint density at radius 2 is 1.70 bits per heavy atom. The molecule has 1 heteroatoms. The number of hydrogen-bond donors (Lipinski definition) is 1. The Kier molecular flexibility index (Phi) is 7.51. The van der Waals surface area contributed by atoms with Crippen molar-refractivity contribution in [2.24, 2.45) is 0 Å². The van der Waals surface area contributed by atoms with Crippen LogP contribution in [-0.2, 0) is 0 Å². The van der Waals surface area contributed by atoms with E-state index in [9.17, 15) is 0 Å². The van der Waals surface area contributed by atoms with Gasteiger partial charge >= 0.3 is 0 Å². The molecule has 0 unspecified atom stereocenters. The highest BCUT2D eigenvalue weighted by Gasteiger charge is 1.59. The minimum absolute atomic E-state index is 0.208. The minimum Gasteiger partial charge on any atom is -0.396 e. The molecule has 0 atom stereocenters. The monoisotopic (exact) mass is 136 g/mol. The van der Waals surface area contributed by atoms with Crippen LogP contribution < -0.4 is 0 Å². The third kappa shape index (κ3) is 7.18. The van der Waals surface area contributed by atoms with Crippen LogP contribution in [0, 0.1) is 13.0 Å². The van der Waals surface area contributed by atoms with Crippen LogP contribution in [0.1, 0.15) is 6.42 Å². The maximum absolute atomic E-state index is 7.81. The van der Waals surface area contributed by atoms with Gasteiger partial charge in [0, 0.05) is 6.61 Å². The van der Waals surface area contributed by atoms with E-state index in [1.807, 2.05) is 30.3 Å². The minimum atomic E-state index is 0.208. The molecule has 0 saturated heterocycles. The lowest BCUT2D eigenvalue weighted by atomic mass is 10.4. The topological polar surface area (TPSA) is 20.2 Å². The summed E-state index contributed by atoms with van der Waals surface area (Å²) in [5.74, 6) is 0. The Hall–Kier alpha value is -0.820. The second kappa shape index (κ2) is 8.18. The van der Waals surface area contributed by atoms with E-state index in [0.29, 0.717) is 6.42 Å². The predicted octanol–water partition coefficient (Wildman–Crippen LogP) is 1.69. The van der Waals surface area contributed by atoms with E-state index in [0.717, 1.165) is 0 Å². The van der Waals surface area contributed by atoms with Gasteiger partial charge in [-0.1, -0.05) is 37.3 Å². The van der Waals surface area contributed by atoms with Crippen LogP contribution in [-0.4, -0.2) is 11.7 Å². The largest absolute Gasteiger partial charge is 0.396 e. The zero-order valence-electron chi connectivity index (χ0n) is 5.96.